The monoisotopic (exact) mass is 285 g/mol. The van der Waals surface area contributed by atoms with Crippen LogP contribution < -0.4 is 5.32 Å². The third kappa shape index (κ3) is 5.06. The molecule has 1 heterocycles. The molecule has 0 aromatic heterocycles. The van der Waals surface area contributed by atoms with Gasteiger partial charge in [-0.05, 0) is 31.6 Å². The number of allylic oxidation sites excluding steroid dienone is 1. The van der Waals surface area contributed by atoms with Crippen LogP contribution in [-0.2, 0) is 4.74 Å². The first-order valence-corrected chi connectivity index (χ1v) is 7.78. The molecule has 2 aliphatic rings. The van der Waals surface area contributed by atoms with Gasteiger partial charge >= 0.3 is 6.09 Å². The third-order valence-electron chi connectivity index (χ3n) is 2.55. The molecule has 2 unspecified atom stereocenters. The Bertz CT molecular complexity index is 410. The van der Waals surface area contributed by atoms with Gasteiger partial charge in [0.05, 0.1) is 6.61 Å². The minimum Gasteiger partial charge on any atom is -0.450 e. The summed E-state index contributed by atoms with van der Waals surface area (Å²) in [6, 6.07) is 0. The lowest BCUT2D eigenvalue weighted by Gasteiger charge is -2.07. The van der Waals surface area contributed by atoms with E-state index in [2.05, 4.69) is 15.3 Å². The normalized spacial score (nSPS) is 23.6. The summed E-state index contributed by atoms with van der Waals surface area (Å²) < 4.78 is 4.79. The molecule has 0 aromatic rings. The average Bonchev–Trinajstić information content (AvgIpc) is 3.19. The summed E-state index contributed by atoms with van der Waals surface area (Å²) >= 11 is 1.36. The summed E-state index contributed by atoms with van der Waals surface area (Å²) in [6.45, 7) is 6.11. The quantitative estimate of drug-likeness (QED) is 0.625. The van der Waals surface area contributed by atoms with Crippen molar-refractivity contribution in [2.24, 2.45) is 21.8 Å². The van der Waals surface area contributed by atoms with Crippen LogP contribution in [-0.4, -0.2) is 30.3 Å². The number of alkyl carbamates (subject to hydrolysis) is 1. The van der Waals surface area contributed by atoms with Crippen LogP contribution in [0.5, 0.6) is 0 Å². The number of hydrogen-bond acceptors (Lipinski definition) is 5. The standard InChI is InChI=1S/C11H15N3O2S.C2H6.H2/c1-3-16-11(15)14-10(17-2)13-9-5-7-4-8(7)6-12-9;1-2;/h5-8H,3-4H2,1-2H3,(H,13,14,15);1-2H3;1H. The molecular weight excluding hydrogens is 262 g/mol. The molecule has 1 amide bonds. The summed E-state index contributed by atoms with van der Waals surface area (Å²) in [5, 5.41) is 3.09. The number of amides is 1. The van der Waals surface area contributed by atoms with Crippen LogP contribution >= 0.6 is 11.8 Å². The second kappa shape index (κ2) is 7.99. The zero-order valence-electron chi connectivity index (χ0n) is 11.8. The third-order valence-corrected chi connectivity index (χ3v) is 3.13. The van der Waals surface area contributed by atoms with Gasteiger partial charge in [0.25, 0.3) is 0 Å². The molecule has 0 radical (unpaired) electrons. The summed E-state index contributed by atoms with van der Waals surface area (Å²) in [5.74, 6) is 1.88. The number of carbonyl (C=O) groups excluding carboxylic acids is 1. The number of ether oxygens (including phenoxy) is 1. The van der Waals surface area contributed by atoms with E-state index in [9.17, 15) is 4.79 Å². The molecule has 0 saturated heterocycles. The van der Waals surface area contributed by atoms with E-state index >= 15 is 0 Å². The zero-order chi connectivity index (χ0) is 14.3. The van der Waals surface area contributed by atoms with Gasteiger partial charge in [0.1, 0.15) is 0 Å². The van der Waals surface area contributed by atoms with E-state index in [-0.39, 0.29) is 1.43 Å². The molecule has 1 N–H and O–H groups in total. The SMILES string of the molecule is CC.CCOC(=O)N/C(=N/C1=CC2CC2C=N1)SC.[HH]. The van der Waals surface area contributed by atoms with Gasteiger partial charge in [-0.25, -0.2) is 14.8 Å². The summed E-state index contributed by atoms with van der Waals surface area (Å²) in [7, 11) is 0. The summed E-state index contributed by atoms with van der Waals surface area (Å²) in [5.41, 5.74) is 0. The van der Waals surface area contributed by atoms with Gasteiger partial charge in [-0.3, -0.25) is 5.32 Å². The number of thioether (sulfide) groups is 1. The molecule has 1 saturated carbocycles. The van der Waals surface area contributed by atoms with Crippen molar-refractivity contribution < 1.29 is 11.0 Å². The maximum Gasteiger partial charge on any atom is 0.413 e. The Balaban J connectivity index is 0.00000115. The predicted molar refractivity (Wildman–Crippen MR) is 82.7 cm³/mol. The second-order valence-electron chi connectivity index (χ2n) is 3.83. The fourth-order valence-electron chi connectivity index (χ4n) is 1.55. The number of amidine groups is 1. The van der Waals surface area contributed by atoms with Crippen molar-refractivity contribution in [3.05, 3.63) is 11.9 Å². The van der Waals surface area contributed by atoms with E-state index < -0.39 is 6.09 Å². The van der Waals surface area contributed by atoms with E-state index in [0.29, 0.717) is 29.4 Å². The Hall–Kier alpha value is -1.30. The number of rotatable bonds is 2. The molecule has 2 atom stereocenters. The number of nitrogens with one attached hydrogen (secondary N) is 1. The van der Waals surface area contributed by atoms with E-state index in [1.165, 1.54) is 18.2 Å². The van der Waals surface area contributed by atoms with Crippen molar-refractivity contribution in [1.29, 1.82) is 0 Å². The maximum atomic E-state index is 11.2. The maximum absolute atomic E-state index is 11.2. The van der Waals surface area contributed by atoms with E-state index in [0.717, 1.165) is 0 Å². The van der Waals surface area contributed by atoms with Crippen molar-refractivity contribution in [3.8, 4) is 0 Å². The second-order valence-corrected chi connectivity index (χ2v) is 4.63. The minimum absolute atomic E-state index is 0. The van der Waals surface area contributed by atoms with Crippen molar-refractivity contribution in [1.82, 2.24) is 5.32 Å². The first kappa shape index (κ1) is 15.8. The van der Waals surface area contributed by atoms with E-state index in [4.69, 9.17) is 4.74 Å². The Kier molecular flexibility index (Phi) is 6.62. The molecule has 0 spiro atoms. The van der Waals surface area contributed by atoms with Crippen molar-refractivity contribution in [2.45, 2.75) is 27.2 Å². The minimum atomic E-state index is -0.481. The Morgan fingerprint density at radius 1 is 1.63 bits per heavy atom. The van der Waals surface area contributed by atoms with Gasteiger partial charge in [-0.15, -0.1) is 0 Å². The highest BCUT2D eigenvalue weighted by molar-refractivity contribution is 8.13. The summed E-state index contributed by atoms with van der Waals surface area (Å²) in [4.78, 5) is 19.8. The van der Waals surface area contributed by atoms with Crippen LogP contribution in [0.3, 0.4) is 0 Å². The smallest absolute Gasteiger partial charge is 0.413 e. The highest BCUT2D eigenvalue weighted by Crippen LogP contribution is 2.41. The Morgan fingerprint density at radius 2 is 2.37 bits per heavy atom. The molecule has 1 fully saturated rings. The van der Waals surface area contributed by atoms with Crippen LogP contribution in [0, 0.1) is 11.8 Å². The topological polar surface area (TPSA) is 63.0 Å². The first-order valence-electron chi connectivity index (χ1n) is 6.55. The largest absolute Gasteiger partial charge is 0.450 e. The number of aliphatic imine (C=N–C) groups is 2. The fraction of sp³-hybridized carbons (Fsp3) is 0.615. The molecule has 108 valence electrons. The van der Waals surface area contributed by atoms with E-state index in [1.54, 1.807) is 6.92 Å². The Labute approximate surface area is 120 Å². The molecule has 19 heavy (non-hydrogen) atoms. The molecule has 5 nitrogen and oxygen atoms in total. The summed E-state index contributed by atoms with van der Waals surface area (Å²) in [6.07, 6.45) is 6.52. The van der Waals surface area contributed by atoms with Gasteiger partial charge in [-0.1, -0.05) is 25.6 Å². The molecule has 0 aromatic carbocycles. The highest BCUT2D eigenvalue weighted by atomic mass is 32.2. The van der Waals surface area contributed by atoms with E-state index in [1.807, 2.05) is 32.4 Å². The zero-order valence-corrected chi connectivity index (χ0v) is 12.7. The number of carbonyl (C=O) groups is 1. The van der Waals surface area contributed by atoms with Crippen LogP contribution in [0.25, 0.3) is 0 Å². The number of hydrogen-bond donors (Lipinski definition) is 1. The van der Waals surface area contributed by atoms with Crippen LogP contribution in [0.1, 0.15) is 28.6 Å². The lowest BCUT2D eigenvalue weighted by molar-refractivity contribution is 0.158. The van der Waals surface area contributed by atoms with Crippen molar-refractivity contribution >= 4 is 29.2 Å². The van der Waals surface area contributed by atoms with Gasteiger partial charge < -0.3 is 4.74 Å². The average molecular weight is 285 g/mol. The number of nitrogens with zero attached hydrogens (tertiary/aromatic N) is 2. The molecule has 0 bridgehead atoms. The van der Waals surface area contributed by atoms with Crippen molar-refractivity contribution in [3.63, 3.8) is 0 Å². The molecule has 6 heteroatoms. The van der Waals surface area contributed by atoms with Gasteiger partial charge in [0.2, 0.25) is 0 Å². The molecular formula is C13H23N3O2S. The molecule has 1 aliphatic carbocycles. The first-order chi connectivity index (χ1) is 9.22. The lowest BCUT2D eigenvalue weighted by Crippen LogP contribution is -2.29. The van der Waals surface area contributed by atoms with Gasteiger partial charge in [-0.2, -0.15) is 0 Å². The highest BCUT2D eigenvalue weighted by Gasteiger charge is 2.36. The van der Waals surface area contributed by atoms with Gasteiger partial charge in [0.15, 0.2) is 11.0 Å². The number of fused-ring (bicyclic) bond motifs is 1. The fourth-order valence-corrected chi connectivity index (χ4v) is 1.92. The molecule has 2 rings (SSSR count). The van der Waals surface area contributed by atoms with Crippen LogP contribution in [0.2, 0.25) is 0 Å². The lowest BCUT2D eigenvalue weighted by atomic mass is 10.3. The van der Waals surface area contributed by atoms with Crippen LogP contribution in [0.15, 0.2) is 21.9 Å². The Morgan fingerprint density at radius 3 is 2.95 bits per heavy atom. The predicted octanol–water partition coefficient (Wildman–Crippen LogP) is 3.29. The van der Waals surface area contributed by atoms with Crippen molar-refractivity contribution in [2.75, 3.05) is 12.9 Å². The van der Waals surface area contributed by atoms with Crippen LogP contribution in [0.4, 0.5) is 4.79 Å². The van der Waals surface area contributed by atoms with Gasteiger partial charge in [0, 0.05) is 13.6 Å². The molecule has 1 aliphatic heterocycles.